The zero-order chi connectivity index (χ0) is 18.1. The zero-order valence-corrected chi connectivity index (χ0v) is 16.1. The van der Waals surface area contributed by atoms with Gasteiger partial charge in [-0.15, -0.1) is 10.2 Å². The molecule has 0 aliphatic rings. The second-order valence-electron chi connectivity index (χ2n) is 4.77. The van der Waals surface area contributed by atoms with Crippen LogP contribution in [0.2, 0.25) is 0 Å². The number of carbonyl (C=O) groups is 1. The number of aromatic nitrogens is 2. The molecule has 136 valence electrons. The van der Waals surface area contributed by atoms with Gasteiger partial charge in [0.1, 0.15) is 0 Å². The van der Waals surface area contributed by atoms with E-state index >= 15 is 0 Å². The Labute approximate surface area is 155 Å². The number of thioether (sulfide) groups is 1. The molecule has 0 aliphatic carbocycles. The van der Waals surface area contributed by atoms with Crippen LogP contribution in [-0.2, 0) is 4.79 Å². The van der Waals surface area contributed by atoms with Gasteiger partial charge in [-0.2, -0.15) is 0 Å². The number of nitrogens with zero attached hydrogens (tertiary/aromatic N) is 2. The van der Waals surface area contributed by atoms with Crippen LogP contribution in [-0.4, -0.2) is 41.6 Å². The third-order valence-electron chi connectivity index (χ3n) is 2.89. The van der Waals surface area contributed by atoms with Gasteiger partial charge in [0.15, 0.2) is 15.8 Å². The van der Waals surface area contributed by atoms with E-state index in [9.17, 15) is 4.79 Å². The maximum Gasteiger partial charge on any atom is 0.234 e. The summed E-state index contributed by atoms with van der Waals surface area (Å²) in [5.41, 5.74) is 0.670. The first-order valence-electron chi connectivity index (χ1n) is 8.05. The Hall–Kier alpha value is -2.00. The van der Waals surface area contributed by atoms with E-state index < -0.39 is 0 Å². The van der Waals surface area contributed by atoms with Crippen LogP contribution in [0.15, 0.2) is 22.5 Å². The van der Waals surface area contributed by atoms with Crippen LogP contribution >= 0.6 is 23.1 Å². The first-order chi connectivity index (χ1) is 12.2. The molecule has 0 fully saturated rings. The van der Waals surface area contributed by atoms with Crippen molar-refractivity contribution in [3.63, 3.8) is 0 Å². The van der Waals surface area contributed by atoms with E-state index in [0.717, 1.165) is 16.0 Å². The normalized spacial score (nSPS) is 10.4. The number of hydrogen-bond acceptors (Lipinski definition) is 8. The van der Waals surface area contributed by atoms with E-state index in [1.54, 1.807) is 18.2 Å². The molecule has 9 heteroatoms. The molecule has 1 amide bonds. The Balaban J connectivity index is 1.91. The van der Waals surface area contributed by atoms with Gasteiger partial charge in [-0.3, -0.25) is 4.79 Å². The number of carbonyl (C=O) groups excluding carboxylic acids is 1. The molecule has 7 nitrogen and oxygen atoms in total. The third kappa shape index (κ3) is 6.09. The molecule has 1 heterocycles. The van der Waals surface area contributed by atoms with Crippen molar-refractivity contribution < 1.29 is 14.3 Å². The molecule has 2 rings (SSSR count). The minimum Gasteiger partial charge on any atom is -0.490 e. The van der Waals surface area contributed by atoms with Crippen molar-refractivity contribution >= 4 is 39.8 Å². The molecule has 0 saturated heterocycles. The number of hydrogen-bond donors (Lipinski definition) is 2. The van der Waals surface area contributed by atoms with Crippen LogP contribution in [0.5, 0.6) is 11.5 Å². The molecule has 2 aromatic rings. The Morgan fingerprint density at radius 1 is 1.16 bits per heavy atom. The third-order valence-corrected chi connectivity index (χ3v) is 4.90. The van der Waals surface area contributed by atoms with Gasteiger partial charge in [-0.1, -0.05) is 23.1 Å². The highest BCUT2D eigenvalue weighted by Gasteiger charge is 2.10. The molecular formula is C16H22N4O3S2. The number of anilines is 2. The van der Waals surface area contributed by atoms with Crippen molar-refractivity contribution in [1.29, 1.82) is 0 Å². The number of ether oxygens (including phenoxy) is 2. The molecule has 0 spiro atoms. The fourth-order valence-electron chi connectivity index (χ4n) is 1.94. The summed E-state index contributed by atoms with van der Waals surface area (Å²) in [7, 11) is 0. The van der Waals surface area contributed by atoms with Crippen LogP contribution in [0.3, 0.4) is 0 Å². The lowest BCUT2D eigenvalue weighted by Gasteiger charge is -2.12. The average molecular weight is 383 g/mol. The lowest BCUT2D eigenvalue weighted by atomic mass is 10.2. The Kier molecular flexibility index (Phi) is 7.80. The number of benzene rings is 1. The van der Waals surface area contributed by atoms with Crippen LogP contribution in [0, 0.1) is 0 Å². The van der Waals surface area contributed by atoms with Crippen molar-refractivity contribution in [3.8, 4) is 11.5 Å². The minimum atomic E-state index is -0.114. The maximum absolute atomic E-state index is 12.1. The maximum atomic E-state index is 12.1. The predicted molar refractivity (Wildman–Crippen MR) is 102 cm³/mol. The van der Waals surface area contributed by atoms with Crippen molar-refractivity contribution in [3.05, 3.63) is 18.2 Å². The molecule has 1 aromatic heterocycles. The molecule has 0 unspecified atom stereocenters. The zero-order valence-electron chi connectivity index (χ0n) is 14.5. The monoisotopic (exact) mass is 382 g/mol. The highest BCUT2D eigenvalue weighted by Crippen LogP contribution is 2.31. The molecule has 0 saturated carbocycles. The standard InChI is InChI=1S/C16H22N4O3S2/c1-4-17-15-19-20-16(25-15)24-10-14(21)18-11-7-8-12(22-5-2)13(9-11)23-6-3/h7-9H,4-6,10H2,1-3H3,(H,17,19)(H,18,21). The lowest BCUT2D eigenvalue weighted by molar-refractivity contribution is -0.113. The van der Waals surface area contributed by atoms with Crippen molar-refractivity contribution in [2.75, 3.05) is 36.1 Å². The predicted octanol–water partition coefficient (Wildman–Crippen LogP) is 3.50. The van der Waals surface area contributed by atoms with Crippen molar-refractivity contribution in [2.24, 2.45) is 0 Å². The van der Waals surface area contributed by atoms with Crippen LogP contribution in [0.4, 0.5) is 10.8 Å². The molecule has 2 N–H and O–H groups in total. The van der Waals surface area contributed by atoms with Crippen LogP contribution < -0.4 is 20.1 Å². The Bertz CT molecular complexity index is 694. The molecular weight excluding hydrogens is 360 g/mol. The first kappa shape index (κ1) is 19.3. The van der Waals surface area contributed by atoms with Gasteiger partial charge < -0.3 is 20.1 Å². The van der Waals surface area contributed by atoms with Gasteiger partial charge in [0.05, 0.1) is 19.0 Å². The fourth-order valence-corrected chi connectivity index (χ4v) is 3.56. The average Bonchev–Trinajstić information content (AvgIpc) is 3.04. The summed E-state index contributed by atoms with van der Waals surface area (Å²) in [6.07, 6.45) is 0. The van der Waals surface area contributed by atoms with E-state index in [-0.39, 0.29) is 11.7 Å². The van der Waals surface area contributed by atoms with Crippen molar-refractivity contribution in [2.45, 2.75) is 25.1 Å². The largest absolute Gasteiger partial charge is 0.490 e. The van der Waals surface area contributed by atoms with E-state index in [1.165, 1.54) is 23.1 Å². The van der Waals surface area contributed by atoms with Gasteiger partial charge in [0, 0.05) is 18.3 Å². The first-order valence-corrected chi connectivity index (χ1v) is 9.86. The Morgan fingerprint density at radius 3 is 2.64 bits per heavy atom. The van der Waals surface area contributed by atoms with Crippen molar-refractivity contribution in [1.82, 2.24) is 10.2 Å². The summed E-state index contributed by atoms with van der Waals surface area (Å²) in [6, 6.07) is 5.36. The summed E-state index contributed by atoms with van der Waals surface area (Å²) >= 11 is 2.79. The van der Waals surface area contributed by atoms with Gasteiger partial charge in [0.25, 0.3) is 0 Å². The summed E-state index contributed by atoms with van der Waals surface area (Å²) in [5, 5.41) is 14.8. The minimum absolute atomic E-state index is 0.114. The highest BCUT2D eigenvalue weighted by atomic mass is 32.2. The smallest absolute Gasteiger partial charge is 0.234 e. The van der Waals surface area contributed by atoms with E-state index in [1.807, 2.05) is 20.8 Å². The number of nitrogens with one attached hydrogen (secondary N) is 2. The summed E-state index contributed by atoms with van der Waals surface area (Å²) in [5.74, 6) is 1.44. The summed E-state index contributed by atoms with van der Waals surface area (Å²) in [6.45, 7) is 7.69. The van der Waals surface area contributed by atoms with Crippen LogP contribution in [0.25, 0.3) is 0 Å². The van der Waals surface area contributed by atoms with E-state index in [4.69, 9.17) is 9.47 Å². The molecule has 0 bridgehead atoms. The Morgan fingerprint density at radius 2 is 1.92 bits per heavy atom. The number of amides is 1. The van der Waals surface area contributed by atoms with Gasteiger partial charge >= 0.3 is 0 Å². The molecule has 1 aromatic carbocycles. The fraction of sp³-hybridized carbons (Fsp3) is 0.438. The van der Waals surface area contributed by atoms with Gasteiger partial charge in [-0.25, -0.2) is 0 Å². The number of rotatable bonds is 10. The second kappa shape index (κ2) is 10.1. The van der Waals surface area contributed by atoms with Gasteiger partial charge in [-0.05, 0) is 32.9 Å². The summed E-state index contributed by atoms with van der Waals surface area (Å²) in [4.78, 5) is 12.1. The quantitative estimate of drug-likeness (QED) is 0.608. The summed E-state index contributed by atoms with van der Waals surface area (Å²) < 4.78 is 11.8. The molecule has 25 heavy (non-hydrogen) atoms. The van der Waals surface area contributed by atoms with Gasteiger partial charge in [0.2, 0.25) is 11.0 Å². The topological polar surface area (TPSA) is 85.4 Å². The van der Waals surface area contributed by atoms with E-state index in [0.29, 0.717) is 30.4 Å². The SMILES string of the molecule is CCNc1nnc(SCC(=O)Nc2ccc(OCC)c(OCC)c2)s1. The second-order valence-corrected chi connectivity index (χ2v) is 6.97. The lowest BCUT2D eigenvalue weighted by Crippen LogP contribution is -2.14. The highest BCUT2D eigenvalue weighted by molar-refractivity contribution is 8.01. The van der Waals surface area contributed by atoms with Crippen LogP contribution in [0.1, 0.15) is 20.8 Å². The molecule has 0 atom stereocenters. The molecule has 0 aliphatic heterocycles. The molecule has 0 radical (unpaired) electrons. The van der Waals surface area contributed by atoms with E-state index in [2.05, 4.69) is 20.8 Å².